The van der Waals surface area contributed by atoms with Crippen LogP contribution < -0.4 is 5.63 Å². The number of halogens is 1. The molecule has 126 valence electrons. The van der Waals surface area contributed by atoms with Crippen molar-refractivity contribution in [3.63, 3.8) is 0 Å². The minimum absolute atomic E-state index is 0.0302. The second kappa shape index (κ2) is 6.69. The van der Waals surface area contributed by atoms with Crippen LogP contribution >= 0.6 is 15.9 Å². The van der Waals surface area contributed by atoms with E-state index in [2.05, 4.69) is 15.9 Å². The molecule has 0 aliphatic rings. The molecule has 5 heteroatoms. The zero-order chi connectivity index (χ0) is 18.1. The topological polar surface area (TPSA) is 67.5 Å². The van der Waals surface area contributed by atoms with Crippen molar-refractivity contribution in [2.45, 2.75) is 13.8 Å². The van der Waals surface area contributed by atoms with Gasteiger partial charge in [0.2, 0.25) is 0 Å². The minimum Gasteiger partial charge on any atom is -0.512 e. The van der Waals surface area contributed by atoms with Crippen molar-refractivity contribution in [1.82, 2.24) is 0 Å². The number of carbonyl (C=O) groups excluding carboxylic acids is 1. The van der Waals surface area contributed by atoms with Crippen molar-refractivity contribution in [2.75, 3.05) is 0 Å². The lowest BCUT2D eigenvalue weighted by Crippen LogP contribution is -2.14. The smallest absolute Gasteiger partial charge is 0.345 e. The molecule has 0 aliphatic carbocycles. The Balaban J connectivity index is 2.55. The number of carbonyl (C=O) groups is 1. The number of Topliss-reactive ketones (excluding diaryl/α,β-unsaturated/α-hetero) is 1. The fourth-order valence-electron chi connectivity index (χ4n) is 2.92. The molecular weight excluding hydrogens is 384 g/mol. The highest BCUT2D eigenvalue weighted by atomic mass is 79.9. The van der Waals surface area contributed by atoms with Gasteiger partial charge in [-0.05, 0) is 37.6 Å². The molecule has 2 aromatic carbocycles. The maximum absolute atomic E-state index is 12.7. The maximum Gasteiger partial charge on any atom is 0.345 e. The van der Waals surface area contributed by atoms with E-state index >= 15 is 0 Å². The van der Waals surface area contributed by atoms with Crippen molar-refractivity contribution in [3.05, 3.63) is 74.7 Å². The average molecular weight is 399 g/mol. The number of rotatable bonds is 3. The molecule has 0 atom stereocenters. The summed E-state index contributed by atoms with van der Waals surface area (Å²) in [5.74, 6) is -0.616. The summed E-state index contributed by atoms with van der Waals surface area (Å²) in [6, 6.07) is 14.6. The number of hydrogen-bond acceptors (Lipinski definition) is 4. The zero-order valence-electron chi connectivity index (χ0n) is 13.7. The number of ketones is 1. The third kappa shape index (κ3) is 3.15. The molecule has 0 spiro atoms. The van der Waals surface area contributed by atoms with Gasteiger partial charge in [-0.15, -0.1) is 0 Å². The predicted molar refractivity (Wildman–Crippen MR) is 102 cm³/mol. The number of aliphatic hydroxyl groups is 1. The third-order valence-corrected chi connectivity index (χ3v) is 4.39. The van der Waals surface area contributed by atoms with Crippen LogP contribution in [0.4, 0.5) is 0 Å². The average Bonchev–Trinajstić information content (AvgIpc) is 2.55. The van der Waals surface area contributed by atoms with Crippen LogP contribution in [0, 0.1) is 0 Å². The molecule has 0 fully saturated rings. The summed E-state index contributed by atoms with van der Waals surface area (Å²) in [7, 11) is 0. The summed E-state index contributed by atoms with van der Waals surface area (Å²) in [6.07, 6.45) is 0. The van der Waals surface area contributed by atoms with Crippen molar-refractivity contribution in [1.29, 1.82) is 0 Å². The normalized spacial score (nSPS) is 12.1. The van der Waals surface area contributed by atoms with Gasteiger partial charge in [-0.1, -0.05) is 46.3 Å². The quantitative estimate of drug-likeness (QED) is 0.378. The lowest BCUT2D eigenvalue weighted by Gasteiger charge is -2.14. The van der Waals surface area contributed by atoms with Crippen molar-refractivity contribution < 1.29 is 14.3 Å². The van der Waals surface area contributed by atoms with E-state index in [-0.39, 0.29) is 16.9 Å². The Morgan fingerprint density at radius 2 is 1.76 bits per heavy atom. The van der Waals surface area contributed by atoms with Gasteiger partial charge in [0.05, 0.1) is 11.1 Å². The Hall–Kier alpha value is -2.66. The molecule has 3 aromatic rings. The first-order chi connectivity index (χ1) is 11.9. The largest absolute Gasteiger partial charge is 0.512 e. The van der Waals surface area contributed by atoms with Gasteiger partial charge < -0.3 is 9.52 Å². The van der Waals surface area contributed by atoms with Crippen LogP contribution in [0.2, 0.25) is 0 Å². The first-order valence-corrected chi connectivity index (χ1v) is 8.42. The summed E-state index contributed by atoms with van der Waals surface area (Å²) >= 11 is 3.37. The van der Waals surface area contributed by atoms with E-state index in [9.17, 15) is 14.7 Å². The van der Waals surface area contributed by atoms with Crippen LogP contribution in [-0.4, -0.2) is 10.9 Å². The number of aliphatic hydroxyl groups excluding tert-OH is 1. The second-order valence-corrected chi connectivity index (χ2v) is 6.58. The molecule has 25 heavy (non-hydrogen) atoms. The fourth-order valence-corrected chi connectivity index (χ4v) is 3.26. The van der Waals surface area contributed by atoms with Crippen molar-refractivity contribution in [2.24, 2.45) is 0 Å². The summed E-state index contributed by atoms with van der Waals surface area (Å²) in [5, 5.41) is 10.7. The van der Waals surface area contributed by atoms with Crippen LogP contribution in [0.25, 0.3) is 27.7 Å². The monoisotopic (exact) mass is 398 g/mol. The van der Waals surface area contributed by atoms with Gasteiger partial charge in [-0.3, -0.25) is 4.79 Å². The molecule has 0 radical (unpaired) electrons. The highest BCUT2D eigenvalue weighted by molar-refractivity contribution is 9.10. The summed E-state index contributed by atoms with van der Waals surface area (Å²) in [6.45, 7) is 2.70. The van der Waals surface area contributed by atoms with Crippen LogP contribution in [0.15, 0.2) is 68.0 Å². The summed E-state index contributed by atoms with van der Waals surface area (Å²) in [4.78, 5) is 24.8. The molecule has 0 bridgehead atoms. The first kappa shape index (κ1) is 17.2. The highest BCUT2D eigenvalue weighted by Crippen LogP contribution is 2.35. The third-order valence-electron chi connectivity index (χ3n) is 3.90. The molecule has 4 nitrogen and oxygen atoms in total. The van der Waals surface area contributed by atoms with Crippen LogP contribution in [0.1, 0.15) is 19.4 Å². The van der Waals surface area contributed by atoms with Gasteiger partial charge in [0, 0.05) is 15.4 Å². The molecule has 0 saturated heterocycles. The van der Waals surface area contributed by atoms with Gasteiger partial charge in [0.15, 0.2) is 5.78 Å². The molecule has 1 aromatic heterocycles. The maximum atomic E-state index is 12.7. The summed E-state index contributed by atoms with van der Waals surface area (Å²) in [5.41, 5.74) is 1.12. The number of allylic oxidation sites excluding steroid dienone is 2. The number of benzene rings is 2. The molecule has 0 aliphatic heterocycles. The molecule has 0 amide bonds. The molecular formula is C20H15BrO4. The Kier molecular flexibility index (Phi) is 4.59. The zero-order valence-corrected chi connectivity index (χ0v) is 15.3. The molecule has 0 saturated carbocycles. The van der Waals surface area contributed by atoms with Crippen molar-refractivity contribution >= 4 is 38.3 Å². The van der Waals surface area contributed by atoms with Crippen molar-refractivity contribution in [3.8, 4) is 11.1 Å². The predicted octanol–water partition coefficient (Wildman–Crippen LogP) is 5.10. The Morgan fingerprint density at radius 1 is 1.08 bits per heavy atom. The van der Waals surface area contributed by atoms with E-state index in [1.165, 1.54) is 13.8 Å². The van der Waals surface area contributed by atoms with Gasteiger partial charge in [0.25, 0.3) is 0 Å². The van der Waals surface area contributed by atoms with E-state index in [1.807, 2.05) is 42.5 Å². The SMILES string of the molecule is CC(=O)/C(=C(/C)O)c1c(-c2ccccc2)c2ccc(Br)cc2oc1=O. The van der Waals surface area contributed by atoms with E-state index < -0.39 is 11.4 Å². The van der Waals surface area contributed by atoms with Crippen LogP contribution in [0.3, 0.4) is 0 Å². The molecule has 3 rings (SSSR count). The Bertz CT molecular complexity index is 1060. The van der Waals surface area contributed by atoms with Gasteiger partial charge in [0.1, 0.15) is 11.3 Å². The number of hydrogen-bond donors (Lipinski definition) is 1. The van der Waals surface area contributed by atoms with E-state index in [1.54, 1.807) is 6.07 Å². The lowest BCUT2D eigenvalue weighted by atomic mass is 9.91. The van der Waals surface area contributed by atoms with E-state index in [0.29, 0.717) is 16.5 Å². The van der Waals surface area contributed by atoms with Gasteiger partial charge in [-0.25, -0.2) is 4.79 Å². The van der Waals surface area contributed by atoms with Crippen LogP contribution in [-0.2, 0) is 4.79 Å². The van der Waals surface area contributed by atoms with E-state index in [4.69, 9.17) is 4.42 Å². The molecule has 1 heterocycles. The number of fused-ring (bicyclic) bond motifs is 1. The summed E-state index contributed by atoms with van der Waals surface area (Å²) < 4.78 is 6.21. The van der Waals surface area contributed by atoms with Gasteiger partial charge >= 0.3 is 5.63 Å². The van der Waals surface area contributed by atoms with E-state index in [0.717, 1.165) is 10.0 Å². The standard InChI is InChI=1S/C20H15BrO4/c1-11(22)17(12(2)23)19-18(13-6-4-3-5-7-13)15-9-8-14(21)10-16(15)25-20(19)24/h3-10,22H,1-2H3/b17-11+. The molecule has 0 unspecified atom stereocenters. The second-order valence-electron chi connectivity index (χ2n) is 5.66. The van der Waals surface area contributed by atoms with Gasteiger partial charge in [-0.2, -0.15) is 0 Å². The highest BCUT2D eigenvalue weighted by Gasteiger charge is 2.24. The van der Waals surface area contributed by atoms with Crippen LogP contribution in [0.5, 0.6) is 0 Å². The Morgan fingerprint density at radius 3 is 2.36 bits per heavy atom. The minimum atomic E-state index is -0.664. The first-order valence-electron chi connectivity index (χ1n) is 7.63. The molecule has 1 N–H and O–H groups in total. The lowest BCUT2D eigenvalue weighted by molar-refractivity contribution is -0.111. The fraction of sp³-hybridized carbons (Fsp3) is 0.100. The Labute approximate surface area is 152 Å².